The molecule has 1 nitrogen and oxygen atoms in total. The molecule has 0 amide bonds. The standard InChI is InChI=1S/C15H21FO/c1-2-12-4-3-10-15(17,11-9-12)13-5-7-14(16)8-6-13/h5-8,12,17H,2-4,9-11H2,1H3. The van der Waals surface area contributed by atoms with Crippen LogP contribution >= 0.6 is 0 Å². The molecule has 2 atom stereocenters. The van der Waals surface area contributed by atoms with Crippen molar-refractivity contribution in [2.24, 2.45) is 5.92 Å². The largest absolute Gasteiger partial charge is 0.385 e. The number of halogens is 1. The van der Waals surface area contributed by atoms with Crippen LogP contribution in [0.5, 0.6) is 0 Å². The Morgan fingerprint density at radius 1 is 1.24 bits per heavy atom. The molecule has 0 aromatic heterocycles. The van der Waals surface area contributed by atoms with Gasteiger partial charge in [0.15, 0.2) is 0 Å². The minimum absolute atomic E-state index is 0.239. The number of benzene rings is 1. The van der Waals surface area contributed by atoms with Crippen LogP contribution in [0, 0.1) is 11.7 Å². The molecule has 0 heterocycles. The van der Waals surface area contributed by atoms with Crippen molar-refractivity contribution in [2.75, 3.05) is 0 Å². The fourth-order valence-corrected chi connectivity index (χ4v) is 2.85. The smallest absolute Gasteiger partial charge is 0.123 e. The number of rotatable bonds is 2. The predicted octanol–water partition coefficient (Wildman–Crippen LogP) is 4.00. The van der Waals surface area contributed by atoms with E-state index in [2.05, 4.69) is 6.92 Å². The molecule has 2 unspecified atom stereocenters. The lowest BCUT2D eigenvalue weighted by Crippen LogP contribution is -2.24. The summed E-state index contributed by atoms with van der Waals surface area (Å²) in [5.74, 6) is 0.502. The molecule has 1 fully saturated rings. The normalized spacial score (nSPS) is 29.9. The Bertz CT molecular complexity index is 360. The van der Waals surface area contributed by atoms with Gasteiger partial charge in [0.05, 0.1) is 5.60 Å². The van der Waals surface area contributed by atoms with Crippen molar-refractivity contribution in [2.45, 2.75) is 51.0 Å². The van der Waals surface area contributed by atoms with Crippen molar-refractivity contribution in [1.82, 2.24) is 0 Å². The minimum Gasteiger partial charge on any atom is -0.385 e. The zero-order chi connectivity index (χ0) is 12.3. The Hall–Kier alpha value is -0.890. The lowest BCUT2D eigenvalue weighted by Gasteiger charge is -2.27. The van der Waals surface area contributed by atoms with E-state index in [0.29, 0.717) is 0 Å². The van der Waals surface area contributed by atoms with Crippen molar-refractivity contribution in [3.05, 3.63) is 35.6 Å². The van der Waals surface area contributed by atoms with Gasteiger partial charge in [0.25, 0.3) is 0 Å². The van der Waals surface area contributed by atoms with Crippen molar-refractivity contribution in [3.8, 4) is 0 Å². The minimum atomic E-state index is -0.738. The van der Waals surface area contributed by atoms with Crippen LogP contribution in [0.3, 0.4) is 0 Å². The van der Waals surface area contributed by atoms with Gasteiger partial charge in [-0.15, -0.1) is 0 Å². The van der Waals surface area contributed by atoms with Crippen LogP contribution in [0.15, 0.2) is 24.3 Å². The molecule has 1 aromatic carbocycles. The molecule has 0 bridgehead atoms. The molecule has 0 saturated heterocycles. The predicted molar refractivity (Wildman–Crippen MR) is 67.2 cm³/mol. The third kappa shape index (κ3) is 2.86. The Balaban J connectivity index is 2.15. The van der Waals surface area contributed by atoms with Crippen LogP contribution in [-0.2, 0) is 5.60 Å². The average molecular weight is 236 g/mol. The van der Waals surface area contributed by atoms with Gasteiger partial charge in [0, 0.05) is 0 Å². The Morgan fingerprint density at radius 2 is 1.94 bits per heavy atom. The third-order valence-corrected chi connectivity index (χ3v) is 4.13. The molecule has 1 aliphatic rings. The summed E-state index contributed by atoms with van der Waals surface area (Å²) in [5.41, 5.74) is 0.133. The Morgan fingerprint density at radius 3 is 2.59 bits per heavy atom. The van der Waals surface area contributed by atoms with Crippen LogP contribution in [0.1, 0.15) is 51.0 Å². The highest BCUT2D eigenvalue weighted by molar-refractivity contribution is 5.23. The Kier molecular flexibility index (Phi) is 3.82. The summed E-state index contributed by atoms with van der Waals surface area (Å²) in [5, 5.41) is 10.7. The molecule has 2 rings (SSSR count). The van der Waals surface area contributed by atoms with Crippen molar-refractivity contribution in [1.29, 1.82) is 0 Å². The van der Waals surface area contributed by atoms with Gasteiger partial charge in [0.1, 0.15) is 5.82 Å². The van der Waals surface area contributed by atoms with Gasteiger partial charge in [-0.3, -0.25) is 0 Å². The van der Waals surface area contributed by atoms with E-state index < -0.39 is 5.60 Å². The molecule has 0 spiro atoms. The van der Waals surface area contributed by atoms with Gasteiger partial charge in [-0.25, -0.2) is 4.39 Å². The summed E-state index contributed by atoms with van der Waals surface area (Å²) in [6.07, 6.45) is 6.14. The molecule has 17 heavy (non-hydrogen) atoms. The molecule has 2 heteroatoms. The summed E-state index contributed by atoms with van der Waals surface area (Å²) in [6.45, 7) is 2.22. The van der Waals surface area contributed by atoms with Gasteiger partial charge < -0.3 is 5.11 Å². The summed E-state index contributed by atoms with van der Waals surface area (Å²) in [6, 6.07) is 6.33. The SMILES string of the molecule is CCC1CCCC(O)(c2ccc(F)cc2)CC1. The highest BCUT2D eigenvalue weighted by Gasteiger charge is 2.31. The maximum absolute atomic E-state index is 12.9. The highest BCUT2D eigenvalue weighted by atomic mass is 19.1. The molecular formula is C15H21FO. The summed E-state index contributed by atoms with van der Waals surface area (Å²) in [7, 11) is 0. The van der Waals surface area contributed by atoms with Gasteiger partial charge in [-0.1, -0.05) is 31.9 Å². The lowest BCUT2D eigenvalue weighted by molar-refractivity contribution is 0.0195. The number of aliphatic hydroxyl groups is 1. The van der Waals surface area contributed by atoms with E-state index >= 15 is 0 Å². The van der Waals surface area contributed by atoms with E-state index in [9.17, 15) is 9.50 Å². The first-order valence-electron chi connectivity index (χ1n) is 6.62. The summed E-state index contributed by atoms with van der Waals surface area (Å²) in [4.78, 5) is 0. The van der Waals surface area contributed by atoms with E-state index in [1.807, 2.05) is 0 Å². The van der Waals surface area contributed by atoms with Crippen molar-refractivity contribution >= 4 is 0 Å². The average Bonchev–Trinajstić information content (AvgIpc) is 2.53. The maximum Gasteiger partial charge on any atom is 0.123 e. The molecule has 0 radical (unpaired) electrons. The monoisotopic (exact) mass is 236 g/mol. The zero-order valence-corrected chi connectivity index (χ0v) is 10.5. The van der Waals surface area contributed by atoms with E-state index in [1.54, 1.807) is 12.1 Å². The van der Waals surface area contributed by atoms with Crippen LogP contribution in [-0.4, -0.2) is 5.11 Å². The zero-order valence-electron chi connectivity index (χ0n) is 10.5. The topological polar surface area (TPSA) is 20.2 Å². The highest BCUT2D eigenvalue weighted by Crippen LogP contribution is 2.38. The van der Waals surface area contributed by atoms with Crippen LogP contribution in [0.4, 0.5) is 4.39 Å². The third-order valence-electron chi connectivity index (χ3n) is 4.13. The lowest BCUT2D eigenvalue weighted by atomic mass is 9.86. The number of hydrogen-bond acceptors (Lipinski definition) is 1. The van der Waals surface area contributed by atoms with Crippen molar-refractivity contribution < 1.29 is 9.50 Å². The van der Waals surface area contributed by atoms with Crippen LogP contribution < -0.4 is 0 Å². The van der Waals surface area contributed by atoms with Crippen LogP contribution in [0.25, 0.3) is 0 Å². The fraction of sp³-hybridized carbons (Fsp3) is 0.600. The quantitative estimate of drug-likeness (QED) is 0.769. The van der Waals surface area contributed by atoms with Gasteiger partial charge >= 0.3 is 0 Å². The second-order valence-corrected chi connectivity index (χ2v) is 5.24. The molecule has 1 N–H and O–H groups in total. The van der Waals surface area contributed by atoms with E-state index in [-0.39, 0.29) is 5.82 Å². The summed E-state index contributed by atoms with van der Waals surface area (Å²) < 4.78 is 12.9. The van der Waals surface area contributed by atoms with Crippen LogP contribution in [0.2, 0.25) is 0 Å². The molecule has 0 aliphatic heterocycles. The maximum atomic E-state index is 12.9. The molecule has 1 aromatic rings. The van der Waals surface area contributed by atoms with E-state index in [4.69, 9.17) is 0 Å². The van der Waals surface area contributed by atoms with Gasteiger partial charge in [0.2, 0.25) is 0 Å². The molecule has 1 saturated carbocycles. The second-order valence-electron chi connectivity index (χ2n) is 5.24. The fourth-order valence-electron chi connectivity index (χ4n) is 2.85. The molecular weight excluding hydrogens is 215 g/mol. The van der Waals surface area contributed by atoms with Gasteiger partial charge in [-0.2, -0.15) is 0 Å². The second kappa shape index (κ2) is 5.18. The first-order chi connectivity index (χ1) is 8.14. The van der Waals surface area contributed by atoms with Crippen molar-refractivity contribution in [3.63, 3.8) is 0 Å². The summed E-state index contributed by atoms with van der Waals surface area (Å²) >= 11 is 0. The first-order valence-corrected chi connectivity index (χ1v) is 6.62. The van der Waals surface area contributed by atoms with E-state index in [1.165, 1.54) is 25.0 Å². The Labute approximate surface area is 103 Å². The molecule has 1 aliphatic carbocycles. The first kappa shape index (κ1) is 12.6. The number of hydrogen-bond donors (Lipinski definition) is 1. The van der Waals surface area contributed by atoms with E-state index in [0.717, 1.165) is 37.2 Å². The molecule has 94 valence electrons. The van der Waals surface area contributed by atoms with Gasteiger partial charge in [-0.05, 0) is 49.3 Å².